The first-order chi connectivity index (χ1) is 4.52. The topological polar surface area (TPSA) is 23.5 Å². The highest BCUT2D eigenvalue weighted by Gasteiger charge is 2.30. The van der Waals surface area contributed by atoms with Crippen LogP contribution >= 0.6 is 0 Å². The molecular weight excluding hydrogens is 126 g/mol. The van der Waals surface area contributed by atoms with Crippen molar-refractivity contribution >= 4 is 0 Å². The Morgan fingerprint density at radius 1 is 1.40 bits per heavy atom. The van der Waals surface area contributed by atoms with Gasteiger partial charge in [0.05, 0.1) is 0 Å². The van der Waals surface area contributed by atoms with Gasteiger partial charge < -0.3 is 5.11 Å². The fourth-order valence-corrected chi connectivity index (χ4v) is 1.53. The van der Waals surface area contributed by atoms with Crippen LogP contribution in [0.25, 0.3) is 0 Å². The summed E-state index contributed by atoms with van der Waals surface area (Å²) in [5, 5.41) is 9.45. The van der Waals surface area contributed by atoms with Gasteiger partial charge in [0.25, 0.3) is 0 Å². The number of aliphatic hydroxyl groups is 1. The van der Waals surface area contributed by atoms with Crippen molar-refractivity contribution < 1.29 is 5.11 Å². The SMILES string of the molecule is CC(C)(C)N1CCC[C@H]1O. The predicted molar refractivity (Wildman–Crippen MR) is 41.7 cm³/mol. The maximum Gasteiger partial charge on any atom is 0.107 e. The molecule has 2 nitrogen and oxygen atoms in total. The number of nitrogens with zero attached hydrogens (tertiary/aromatic N) is 1. The summed E-state index contributed by atoms with van der Waals surface area (Å²) in [4.78, 5) is 2.15. The monoisotopic (exact) mass is 143 g/mol. The fraction of sp³-hybridized carbons (Fsp3) is 1.00. The molecule has 0 bridgehead atoms. The molecular formula is C8H17NO. The Kier molecular flexibility index (Phi) is 2.02. The lowest BCUT2D eigenvalue weighted by Crippen LogP contribution is -2.44. The zero-order valence-electron chi connectivity index (χ0n) is 7.09. The average molecular weight is 143 g/mol. The molecule has 0 saturated carbocycles. The van der Waals surface area contributed by atoms with Crippen molar-refractivity contribution in [1.29, 1.82) is 0 Å². The molecule has 1 saturated heterocycles. The van der Waals surface area contributed by atoms with E-state index in [1.54, 1.807) is 0 Å². The minimum absolute atomic E-state index is 0.135. The van der Waals surface area contributed by atoms with Crippen LogP contribution < -0.4 is 0 Å². The Balaban J connectivity index is 2.55. The van der Waals surface area contributed by atoms with E-state index in [9.17, 15) is 5.11 Å². The first-order valence-corrected chi connectivity index (χ1v) is 3.96. The molecule has 0 radical (unpaired) electrons. The third kappa shape index (κ3) is 1.50. The molecule has 0 aromatic carbocycles. The highest BCUT2D eigenvalue weighted by atomic mass is 16.3. The summed E-state index contributed by atoms with van der Waals surface area (Å²) >= 11 is 0. The normalized spacial score (nSPS) is 29.4. The Morgan fingerprint density at radius 3 is 2.20 bits per heavy atom. The molecule has 1 aliphatic heterocycles. The molecule has 0 amide bonds. The van der Waals surface area contributed by atoms with Gasteiger partial charge in [-0.2, -0.15) is 0 Å². The maximum absolute atomic E-state index is 9.45. The molecule has 1 fully saturated rings. The Morgan fingerprint density at radius 2 is 2.00 bits per heavy atom. The lowest BCUT2D eigenvalue weighted by atomic mass is 10.1. The van der Waals surface area contributed by atoms with E-state index in [1.165, 1.54) is 0 Å². The van der Waals surface area contributed by atoms with Crippen LogP contribution in [0.3, 0.4) is 0 Å². The van der Waals surface area contributed by atoms with Crippen molar-refractivity contribution in [3.8, 4) is 0 Å². The molecule has 0 spiro atoms. The number of likely N-dealkylation sites (tertiary alicyclic amines) is 1. The average Bonchev–Trinajstić information content (AvgIpc) is 2.11. The van der Waals surface area contributed by atoms with Crippen LogP contribution in [0.5, 0.6) is 0 Å². The van der Waals surface area contributed by atoms with Gasteiger partial charge in [-0.3, -0.25) is 4.90 Å². The molecule has 1 heterocycles. The van der Waals surface area contributed by atoms with E-state index in [0.717, 1.165) is 19.4 Å². The van der Waals surface area contributed by atoms with Crippen molar-refractivity contribution in [2.24, 2.45) is 0 Å². The summed E-state index contributed by atoms with van der Waals surface area (Å²) in [6.45, 7) is 7.47. The summed E-state index contributed by atoms with van der Waals surface area (Å²) in [7, 11) is 0. The van der Waals surface area contributed by atoms with E-state index >= 15 is 0 Å². The second-order valence-electron chi connectivity index (χ2n) is 3.99. The van der Waals surface area contributed by atoms with Gasteiger partial charge in [0.15, 0.2) is 0 Å². The fourth-order valence-electron chi connectivity index (χ4n) is 1.53. The number of rotatable bonds is 0. The van der Waals surface area contributed by atoms with Crippen LogP contribution in [0.2, 0.25) is 0 Å². The van der Waals surface area contributed by atoms with Gasteiger partial charge in [0, 0.05) is 12.1 Å². The number of hydrogen-bond donors (Lipinski definition) is 1. The van der Waals surface area contributed by atoms with Gasteiger partial charge in [-0.25, -0.2) is 0 Å². The summed E-state index contributed by atoms with van der Waals surface area (Å²) in [5.74, 6) is 0. The van der Waals surface area contributed by atoms with E-state index in [4.69, 9.17) is 0 Å². The second-order valence-corrected chi connectivity index (χ2v) is 3.99. The summed E-state index contributed by atoms with van der Waals surface area (Å²) in [6.07, 6.45) is 1.88. The molecule has 0 unspecified atom stereocenters. The number of aliphatic hydroxyl groups excluding tert-OH is 1. The molecule has 0 aromatic rings. The highest BCUT2D eigenvalue weighted by molar-refractivity contribution is 4.82. The third-order valence-corrected chi connectivity index (χ3v) is 2.08. The molecule has 1 atom stereocenters. The van der Waals surface area contributed by atoms with Gasteiger partial charge in [0.1, 0.15) is 6.23 Å². The van der Waals surface area contributed by atoms with Gasteiger partial charge in [0.2, 0.25) is 0 Å². The van der Waals surface area contributed by atoms with Crippen LogP contribution in [0, 0.1) is 0 Å². The maximum atomic E-state index is 9.45. The quantitative estimate of drug-likeness (QED) is 0.550. The van der Waals surface area contributed by atoms with E-state index in [2.05, 4.69) is 25.7 Å². The minimum Gasteiger partial charge on any atom is -0.378 e. The largest absolute Gasteiger partial charge is 0.378 e. The van der Waals surface area contributed by atoms with E-state index in [-0.39, 0.29) is 11.8 Å². The third-order valence-electron chi connectivity index (χ3n) is 2.08. The predicted octanol–water partition coefficient (Wildman–Crippen LogP) is 1.20. The van der Waals surface area contributed by atoms with Crippen molar-refractivity contribution in [1.82, 2.24) is 4.90 Å². The summed E-state index contributed by atoms with van der Waals surface area (Å²) in [5.41, 5.74) is 0.135. The summed E-state index contributed by atoms with van der Waals surface area (Å²) in [6, 6.07) is 0. The molecule has 0 aliphatic carbocycles. The Hall–Kier alpha value is -0.0800. The van der Waals surface area contributed by atoms with Crippen LogP contribution in [0.4, 0.5) is 0 Å². The zero-order chi connectivity index (χ0) is 7.78. The van der Waals surface area contributed by atoms with Crippen molar-refractivity contribution in [2.45, 2.75) is 45.4 Å². The standard InChI is InChI=1S/C8H17NO/c1-8(2,3)9-6-4-5-7(9)10/h7,10H,4-6H2,1-3H3/t7-/m1/s1. The Labute approximate surface area is 62.8 Å². The van der Waals surface area contributed by atoms with Crippen LogP contribution in [-0.4, -0.2) is 28.3 Å². The molecule has 2 heteroatoms. The van der Waals surface area contributed by atoms with Crippen LogP contribution in [0.15, 0.2) is 0 Å². The first kappa shape index (κ1) is 8.02. The first-order valence-electron chi connectivity index (χ1n) is 3.96. The van der Waals surface area contributed by atoms with Crippen LogP contribution in [0.1, 0.15) is 33.6 Å². The molecule has 60 valence electrons. The zero-order valence-corrected chi connectivity index (χ0v) is 7.09. The van der Waals surface area contributed by atoms with Gasteiger partial charge in [-0.15, -0.1) is 0 Å². The smallest absolute Gasteiger partial charge is 0.107 e. The van der Waals surface area contributed by atoms with Crippen molar-refractivity contribution in [2.75, 3.05) is 6.54 Å². The minimum atomic E-state index is -0.194. The number of hydrogen-bond acceptors (Lipinski definition) is 2. The van der Waals surface area contributed by atoms with Crippen LogP contribution in [-0.2, 0) is 0 Å². The van der Waals surface area contributed by atoms with Gasteiger partial charge >= 0.3 is 0 Å². The van der Waals surface area contributed by atoms with E-state index in [0.29, 0.717) is 0 Å². The lowest BCUT2D eigenvalue weighted by Gasteiger charge is -2.34. The Bertz CT molecular complexity index is 117. The van der Waals surface area contributed by atoms with Gasteiger partial charge in [-0.1, -0.05) is 0 Å². The van der Waals surface area contributed by atoms with E-state index in [1.807, 2.05) is 0 Å². The molecule has 0 aromatic heterocycles. The molecule has 1 rings (SSSR count). The second kappa shape index (κ2) is 2.51. The van der Waals surface area contributed by atoms with E-state index < -0.39 is 0 Å². The highest BCUT2D eigenvalue weighted by Crippen LogP contribution is 2.24. The summed E-state index contributed by atoms with van der Waals surface area (Å²) < 4.78 is 0. The van der Waals surface area contributed by atoms with Crippen molar-refractivity contribution in [3.05, 3.63) is 0 Å². The lowest BCUT2D eigenvalue weighted by molar-refractivity contribution is -0.0178. The van der Waals surface area contributed by atoms with Crippen molar-refractivity contribution in [3.63, 3.8) is 0 Å². The molecule has 10 heavy (non-hydrogen) atoms. The van der Waals surface area contributed by atoms with Gasteiger partial charge in [-0.05, 0) is 33.6 Å². The molecule has 1 N–H and O–H groups in total. The molecule has 1 aliphatic rings.